The van der Waals surface area contributed by atoms with E-state index >= 15 is 0 Å². The van der Waals surface area contributed by atoms with E-state index in [1.807, 2.05) is 13.8 Å². The standard InChI is InChI=1S/C9H12OS/c1-4-9(2,3)8(10)5-6-7(5)11-6/h5H,4H2,1-3H3. The molecule has 0 unspecified atom stereocenters. The first-order chi connectivity index (χ1) is 5.08. The van der Waals surface area contributed by atoms with Crippen molar-refractivity contribution >= 4 is 17.5 Å². The van der Waals surface area contributed by atoms with Gasteiger partial charge in [0, 0.05) is 15.2 Å². The molecule has 2 aliphatic rings. The lowest BCUT2D eigenvalue weighted by Crippen LogP contribution is -2.27. The Morgan fingerprint density at radius 1 is 1.55 bits per heavy atom. The molecule has 0 N–H and O–H groups in total. The van der Waals surface area contributed by atoms with Crippen molar-refractivity contribution in [2.75, 3.05) is 0 Å². The van der Waals surface area contributed by atoms with Gasteiger partial charge in [-0.05, 0) is 6.42 Å². The van der Waals surface area contributed by atoms with Crippen LogP contribution < -0.4 is 0 Å². The molecule has 0 aromatic heterocycles. The number of hydrogen-bond donors (Lipinski definition) is 0. The Kier molecular flexibility index (Phi) is 1.29. The lowest BCUT2D eigenvalue weighted by atomic mass is 9.82. The molecule has 0 bridgehead atoms. The Morgan fingerprint density at radius 3 is 2.36 bits per heavy atom. The number of rotatable bonds is 3. The summed E-state index contributed by atoms with van der Waals surface area (Å²) in [5.74, 6) is 0.721. The number of Topliss-reactive ketones (excluding diaryl/α,β-unsaturated/α-hetero) is 1. The van der Waals surface area contributed by atoms with Gasteiger partial charge < -0.3 is 0 Å². The van der Waals surface area contributed by atoms with Gasteiger partial charge in [-0.15, -0.1) is 0 Å². The zero-order valence-corrected chi connectivity index (χ0v) is 7.92. The quantitative estimate of drug-likeness (QED) is 0.644. The first-order valence-corrected chi connectivity index (χ1v) is 4.86. The molecule has 2 heteroatoms. The van der Waals surface area contributed by atoms with E-state index in [9.17, 15) is 4.79 Å². The SMILES string of the molecule is CCC(C)(C)C(=O)C1C2=C1S2. The van der Waals surface area contributed by atoms with Crippen LogP contribution in [0.25, 0.3) is 0 Å². The molecular weight excluding hydrogens is 156 g/mol. The minimum atomic E-state index is -0.0986. The summed E-state index contributed by atoms with van der Waals surface area (Å²) in [7, 11) is 0. The molecule has 0 amide bonds. The zero-order chi connectivity index (χ0) is 8.22. The highest BCUT2D eigenvalue weighted by atomic mass is 32.2. The van der Waals surface area contributed by atoms with Gasteiger partial charge in [0.15, 0.2) is 5.78 Å². The van der Waals surface area contributed by atoms with Crippen molar-refractivity contribution in [2.24, 2.45) is 11.3 Å². The van der Waals surface area contributed by atoms with Crippen LogP contribution in [0, 0.1) is 11.3 Å². The molecule has 0 radical (unpaired) electrons. The van der Waals surface area contributed by atoms with Gasteiger partial charge in [0.05, 0.1) is 5.92 Å². The third kappa shape index (κ3) is 0.959. The van der Waals surface area contributed by atoms with Crippen LogP contribution in [0.4, 0.5) is 0 Å². The Morgan fingerprint density at radius 2 is 2.09 bits per heavy atom. The van der Waals surface area contributed by atoms with Gasteiger partial charge in [-0.3, -0.25) is 4.79 Å². The average Bonchev–Trinajstić information content (AvgIpc) is 2.73. The van der Waals surface area contributed by atoms with E-state index in [-0.39, 0.29) is 11.3 Å². The summed E-state index contributed by atoms with van der Waals surface area (Å²) < 4.78 is 0. The lowest BCUT2D eigenvalue weighted by molar-refractivity contribution is -0.128. The molecular formula is C9H12OS. The maximum atomic E-state index is 11.6. The molecule has 0 atom stereocenters. The Balaban J connectivity index is 1.99. The van der Waals surface area contributed by atoms with E-state index in [4.69, 9.17) is 0 Å². The fraction of sp³-hybridized carbons (Fsp3) is 0.667. The van der Waals surface area contributed by atoms with Gasteiger partial charge in [-0.1, -0.05) is 32.5 Å². The second-order valence-corrected chi connectivity index (χ2v) is 4.95. The van der Waals surface area contributed by atoms with Gasteiger partial charge in [0.25, 0.3) is 0 Å². The second-order valence-electron chi connectivity index (χ2n) is 3.87. The fourth-order valence-corrected chi connectivity index (χ4v) is 1.94. The number of ketones is 1. The van der Waals surface area contributed by atoms with E-state index < -0.39 is 0 Å². The number of thioether (sulfide) groups is 1. The number of hydrogen-bond acceptors (Lipinski definition) is 2. The number of allylic oxidation sites excluding steroid dienone is 2. The van der Waals surface area contributed by atoms with Crippen LogP contribution in [-0.4, -0.2) is 5.78 Å². The van der Waals surface area contributed by atoms with Crippen LogP contribution in [0.2, 0.25) is 0 Å². The maximum Gasteiger partial charge on any atom is 0.151 e. The number of carbonyl (C=O) groups is 1. The van der Waals surface area contributed by atoms with Crippen molar-refractivity contribution in [3.63, 3.8) is 0 Å². The number of carbonyl (C=O) groups excluding carboxylic acids is 1. The monoisotopic (exact) mass is 168 g/mol. The summed E-state index contributed by atoms with van der Waals surface area (Å²) in [5.41, 5.74) is -0.0986. The fourth-order valence-electron chi connectivity index (χ4n) is 1.14. The molecule has 1 aliphatic heterocycles. The van der Waals surface area contributed by atoms with Gasteiger partial charge >= 0.3 is 0 Å². The molecule has 0 fully saturated rings. The van der Waals surface area contributed by atoms with Crippen LogP contribution >= 0.6 is 11.8 Å². The molecule has 1 nitrogen and oxygen atoms in total. The smallest absolute Gasteiger partial charge is 0.151 e. The van der Waals surface area contributed by atoms with E-state index in [1.54, 1.807) is 11.8 Å². The van der Waals surface area contributed by atoms with E-state index in [0.29, 0.717) is 5.78 Å². The van der Waals surface area contributed by atoms with Gasteiger partial charge in [-0.2, -0.15) is 0 Å². The Bertz CT molecular complexity index is 251. The highest BCUT2D eigenvalue weighted by molar-refractivity contribution is 8.15. The largest absolute Gasteiger partial charge is 0.298 e. The molecule has 0 spiro atoms. The Hall–Kier alpha value is -0.240. The van der Waals surface area contributed by atoms with Crippen LogP contribution in [0.1, 0.15) is 27.2 Å². The van der Waals surface area contributed by atoms with Crippen molar-refractivity contribution in [3.05, 3.63) is 9.81 Å². The Labute approximate surface area is 71.2 Å². The van der Waals surface area contributed by atoms with Gasteiger partial charge in [-0.25, -0.2) is 0 Å². The maximum absolute atomic E-state index is 11.6. The topological polar surface area (TPSA) is 17.1 Å². The van der Waals surface area contributed by atoms with Crippen molar-refractivity contribution in [3.8, 4) is 0 Å². The second kappa shape index (κ2) is 1.92. The van der Waals surface area contributed by atoms with E-state index in [2.05, 4.69) is 6.92 Å². The third-order valence-electron chi connectivity index (χ3n) is 2.68. The van der Waals surface area contributed by atoms with Crippen LogP contribution in [0.15, 0.2) is 9.81 Å². The van der Waals surface area contributed by atoms with Crippen LogP contribution in [-0.2, 0) is 4.79 Å². The van der Waals surface area contributed by atoms with Crippen molar-refractivity contribution in [1.82, 2.24) is 0 Å². The van der Waals surface area contributed by atoms with Crippen molar-refractivity contribution < 1.29 is 4.79 Å². The molecule has 2 rings (SSSR count). The molecule has 60 valence electrons. The zero-order valence-electron chi connectivity index (χ0n) is 7.10. The molecule has 1 aliphatic carbocycles. The summed E-state index contributed by atoms with van der Waals surface area (Å²) in [6.45, 7) is 6.16. The molecule has 0 saturated carbocycles. The van der Waals surface area contributed by atoms with E-state index in [0.717, 1.165) is 6.42 Å². The molecule has 0 aromatic carbocycles. The predicted octanol–water partition coefficient (Wildman–Crippen LogP) is 2.58. The minimum absolute atomic E-state index is 0.0986. The summed E-state index contributed by atoms with van der Waals surface area (Å²) in [4.78, 5) is 14.4. The van der Waals surface area contributed by atoms with Crippen molar-refractivity contribution in [2.45, 2.75) is 27.2 Å². The van der Waals surface area contributed by atoms with Crippen LogP contribution in [0.5, 0.6) is 0 Å². The summed E-state index contributed by atoms with van der Waals surface area (Å²) in [6, 6.07) is 0. The first-order valence-electron chi connectivity index (χ1n) is 4.04. The third-order valence-corrected chi connectivity index (χ3v) is 3.82. The molecule has 11 heavy (non-hydrogen) atoms. The predicted molar refractivity (Wildman–Crippen MR) is 47.2 cm³/mol. The summed E-state index contributed by atoms with van der Waals surface area (Å²) in [6.07, 6.45) is 0.952. The molecule has 1 heterocycles. The molecule has 0 aromatic rings. The highest BCUT2D eigenvalue weighted by Crippen LogP contribution is 2.72. The van der Waals surface area contributed by atoms with Gasteiger partial charge in [0.1, 0.15) is 0 Å². The summed E-state index contributed by atoms with van der Waals surface area (Å²) in [5, 5.41) is 0. The first kappa shape index (κ1) is 7.41. The van der Waals surface area contributed by atoms with Gasteiger partial charge in [0.2, 0.25) is 0 Å². The normalized spacial score (nSPS) is 21.7. The summed E-state index contributed by atoms with van der Waals surface area (Å²) >= 11 is 1.80. The van der Waals surface area contributed by atoms with E-state index in [1.165, 1.54) is 9.81 Å². The van der Waals surface area contributed by atoms with Crippen molar-refractivity contribution in [1.29, 1.82) is 0 Å². The lowest BCUT2D eigenvalue weighted by Gasteiger charge is -2.22. The average molecular weight is 168 g/mol. The van der Waals surface area contributed by atoms with Crippen LogP contribution in [0.3, 0.4) is 0 Å². The minimum Gasteiger partial charge on any atom is -0.298 e. The highest BCUT2D eigenvalue weighted by Gasteiger charge is 2.58. The molecule has 0 saturated heterocycles.